The summed E-state index contributed by atoms with van der Waals surface area (Å²) in [5.74, 6) is 0. The van der Waals surface area contributed by atoms with Crippen LogP contribution in [0.4, 0.5) is 15.3 Å². The molecule has 1 unspecified atom stereocenters. The summed E-state index contributed by atoms with van der Waals surface area (Å²) in [5, 5.41) is 10.7. The highest BCUT2D eigenvalue weighted by Crippen LogP contribution is 2.29. The van der Waals surface area contributed by atoms with Gasteiger partial charge in [-0.3, -0.25) is 0 Å². The van der Waals surface area contributed by atoms with Gasteiger partial charge in [0, 0.05) is 11.4 Å². The third-order valence-corrected chi connectivity index (χ3v) is 5.55. The summed E-state index contributed by atoms with van der Waals surface area (Å²) in [7, 11) is 1.30. The van der Waals surface area contributed by atoms with Crippen LogP contribution in [0.2, 0.25) is 0 Å². The van der Waals surface area contributed by atoms with Crippen LogP contribution < -0.4 is 10.6 Å². The zero-order valence-electron chi connectivity index (χ0n) is 17.7. The quantitative estimate of drug-likeness (QED) is 0.667. The van der Waals surface area contributed by atoms with Gasteiger partial charge in [-0.25, -0.2) is 9.59 Å². The average Bonchev–Trinajstić information content (AvgIpc) is 3.30. The Bertz CT molecular complexity index is 1130. The second-order valence-corrected chi connectivity index (χ2v) is 8.70. The number of carbonyl (C=O) groups is 2. The second kappa shape index (κ2) is 7.48. The van der Waals surface area contributed by atoms with E-state index in [-0.39, 0.29) is 17.5 Å². The van der Waals surface area contributed by atoms with Gasteiger partial charge in [0.05, 0.1) is 24.5 Å². The van der Waals surface area contributed by atoms with Crippen LogP contribution in [0, 0.1) is 0 Å². The molecular formula is C23H26N4O3. The molecule has 1 heterocycles. The Labute approximate surface area is 175 Å². The molecule has 0 saturated carbocycles. The van der Waals surface area contributed by atoms with Crippen molar-refractivity contribution in [2.45, 2.75) is 45.1 Å². The first-order valence-corrected chi connectivity index (χ1v) is 10.0. The number of aromatic nitrogens is 2. The first kappa shape index (κ1) is 19.9. The largest absolute Gasteiger partial charge is 0.451 e. The highest BCUT2D eigenvalue weighted by atomic mass is 16.5. The molecule has 4 rings (SSSR count). The van der Waals surface area contributed by atoms with Crippen molar-refractivity contribution >= 4 is 28.7 Å². The van der Waals surface area contributed by atoms with Gasteiger partial charge in [0.25, 0.3) is 0 Å². The Balaban J connectivity index is 1.46. The smallest absolute Gasteiger partial charge is 0.434 e. The molecular weight excluding hydrogens is 380 g/mol. The van der Waals surface area contributed by atoms with Crippen LogP contribution in [0.1, 0.15) is 37.5 Å². The lowest BCUT2D eigenvalue weighted by Crippen LogP contribution is -2.38. The minimum absolute atomic E-state index is 0.0483. The number of nitrogens with zero attached hydrogens (tertiary/aromatic N) is 2. The Hall–Kier alpha value is -3.35. The zero-order chi connectivity index (χ0) is 21.5. The van der Waals surface area contributed by atoms with Crippen molar-refractivity contribution in [1.82, 2.24) is 15.1 Å². The standard InChI is InChI=1S/C23H26N4O3/c1-23(2,3)16-9-8-14-11-17(12-15(14)10-16)25-21(28)26-19-6-5-7-20-18(19)13-24-27(20)22(29)30-4/h5-10,13,17H,11-12H2,1-4H3,(H2,25,26,28). The number of fused-ring (bicyclic) bond motifs is 2. The number of carbonyl (C=O) groups excluding carboxylic acids is 2. The van der Waals surface area contributed by atoms with E-state index in [1.807, 2.05) is 0 Å². The molecule has 0 bridgehead atoms. The number of benzene rings is 2. The van der Waals surface area contributed by atoms with E-state index in [1.54, 1.807) is 24.4 Å². The van der Waals surface area contributed by atoms with E-state index >= 15 is 0 Å². The summed E-state index contributed by atoms with van der Waals surface area (Å²) < 4.78 is 5.90. The SMILES string of the molecule is COC(=O)n1ncc2c(NC(=O)NC3Cc4ccc(C(C)(C)C)cc4C3)cccc21. The number of methoxy groups -OCH3 is 1. The first-order chi connectivity index (χ1) is 14.3. The van der Waals surface area contributed by atoms with Crippen molar-refractivity contribution in [2.24, 2.45) is 0 Å². The number of amides is 2. The molecule has 1 aliphatic carbocycles. The van der Waals surface area contributed by atoms with Crippen molar-refractivity contribution in [3.8, 4) is 0 Å². The minimum Gasteiger partial charge on any atom is -0.451 e. The molecule has 7 nitrogen and oxygen atoms in total. The molecule has 7 heteroatoms. The van der Waals surface area contributed by atoms with Crippen molar-refractivity contribution < 1.29 is 14.3 Å². The number of hydrogen-bond acceptors (Lipinski definition) is 4. The molecule has 1 atom stereocenters. The van der Waals surface area contributed by atoms with Crippen LogP contribution in [-0.2, 0) is 23.0 Å². The molecule has 3 aromatic rings. The van der Waals surface area contributed by atoms with Crippen LogP contribution in [-0.4, -0.2) is 35.1 Å². The van der Waals surface area contributed by atoms with Crippen LogP contribution in [0.3, 0.4) is 0 Å². The highest BCUT2D eigenvalue weighted by molar-refractivity contribution is 6.02. The van der Waals surface area contributed by atoms with Gasteiger partial charge >= 0.3 is 12.1 Å². The fourth-order valence-corrected chi connectivity index (χ4v) is 3.92. The molecule has 0 radical (unpaired) electrons. The highest BCUT2D eigenvalue weighted by Gasteiger charge is 2.25. The molecule has 0 fully saturated rings. The van der Waals surface area contributed by atoms with E-state index in [4.69, 9.17) is 4.74 Å². The van der Waals surface area contributed by atoms with Crippen molar-refractivity contribution in [3.63, 3.8) is 0 Å². The summed E-state index contributed by atoms with van der Waals surface area (Å²) in [5.41, 5.74) is 5.16. The molecule has 2 N–H and O–H groups in total. The number of nitrogens with one attached hydrogen (secondary N) is 2. The fourth-order valence-electron chi connectivity index (χ4n) is 3.92. The van der Waals surface area contributed by atoms with Crippen LogP contribution in [0.5, 0.6) is 0 Å². The minimum atomic E-state index is -0.579. The summed E-state index contributed by atoms with van der Waals surface area (Å²) in [4.78, 5) is 24.5. The van der Waals surface area contributed by atoms with Gasteiger partial charge in [-0.05, 0) is 47.1 Å². The van der Waals surface area contributed by atoms with Gasteiger partial charge in [-0.15, -0.1) is 0 Å². The average molecular weight is 406 g/mol. The van der Waals surface area contributed by atoms with E-state index in [0.29, 0.717) is 16.6 Å². The van der Waals surface area contributed by atoms with Gasteiger partial charge in [0.2, 0.25) is 0 Å². The Kier molecular flexibility index (Phi) is 4.97. The van der Waals surface area contributed by atoms with Gasteiger partial charge in [0.15, 0.2) is 0 Å². The lowest BCUT2D eigenvalue weighted by Gasteiger charge is -2.19. The Morgan fingerprint density at radius 2 is 1.90 bits per heavy atom. The Morgan fingerprint density at radius 3 is 2.63 bits per heavy atom. The molecule has 2 aromatic carbocycles. The van der Waals surface area contributed by atoms with E-state index in [1.165, 1.54) is 28.5 Å². The molecule has 0 saturated heterocycles. The van der Waals surface area contributed by atoms with E-state index in [2.05, 4.69) is 54.7 Å². The Morgan fingerprint density at radius 1 is 1.13 bits per heavy atom. The molecule has 1 aromatic heterocycles. The third-order valence-electron chi connectivity index (χ3n) is 5.55. The first-order valence-electron chi connectivity index (χ1n) is 10.0. The predicted molar refractivity (Wildman–Crippen MR) is 116 cm³/mol. The third kappa shape index (κ3) is 3.75. The van der Waals surface area contributed by atoms with E-state index in [9.17, 15) is 9.59 Å². The maximum atomic E-state index is 12.6. The van der Waals surface area contributed by atoms with Gasteiger partial charge in [-0.2, -0.15) is 9.78 Å². The fraction of sp³-hybridized carbons (Fsp3) is 0.348. The molecule has 1 aliphatic rings. The summed E-state index contributed by atoms with van der Waals surface area (Å²) >= 11 is 0. The van der Waals surface area contributed by atoms with Gasteiger partial charge < -0.3 is 15.4 Å². The number of ether oxygens (including phenoxy) is 1. The summed E-state index contributed by atoms with van der Waals surface area (Å²) in [6.07, 6.45) is 2.60. The molecule has 30 heavy (non-hydrogen) atoms. The van der Waals surface area contributed by atoms with Gasteiger partial charge in [0.1, 0.15) is 0 Å². The normalized spacial score (nSPS) is 15.7. The van der Waals surface area contributed by atoms with Crippen molar-refractivity contribution in [1.29, 1.82) is 0 Å². The summed E-state index contributed by atoms with van der Waals surface area (Å²) in [6, 6.07) is 11.7. The maximum Gasteiger partial charge on any atom is 0.434 e. The van der Waals surface area contributed by atoms with Crippen molar-refractivity contribution in [3.05, 3.63) is 59.3 Å². The molecule has 0 aliphatic heterocycles. The van der Waals surface area contributed by atoms with Crippen LogP contribution in [0.15, 0.2) is 42.6 Å². The van der Waals surface area contributed by atoms with Crippen LogP contribution >= 0.6 is 0 Å². The van der Waals surface area contributed by atoms with E-state index in [0.717, 1.165) is 12.8 Å². The second-order valence-electron chi connectivity index (χ2n) is 8.70. The lowest BCUT2D eigenvalue weighted by molar-refractivity contribution is 0.170. The molecule has 0 spiro atoms. The number of urea groups is 1. The number of rotatable bonds is 2. The number of hydrogen-bond donors (Lipinski definition) is 2. The molecule has 156 valence electrons. The van der Waals surface area contributed by atoms with Crippen molar-refractivity contribution in [2.75, 3.05) is 12.4 Å². The maximum absolute atomic E-state index is 12.6. The van der Waals surface area contributed by atoms with E-state index < -0.39 is 6.09 Å². The number of anilines is 1. The van der Waals surface area contributed by atoms with Gasteiger partial charge in [-0.1, -0.05) is 45.0 Å². The zero-order valence-corrected chi connectivity index (χ0v) is 17.7. The predicted octanol–water partition coefficient (Wildman–Crippen LogP) is 4.24. The monoisotopic (exact) mass is 406 g/mol. The summed E-state index contributed by atoms with van der Waals surface area (Å²) in [6.45, 7) is 6.61. The van der Waals surface area contributed by atoms with Crippen LogP contribution in [0.25, 0.3) is 10.9 Å². The lowest BCUT2D eigenvalue weighted by atomic mass is 9.85. The topological polar surface area (TPSA) is 85.2 Å². The molecule has 2 amide bonds.